The van der Waals surface area contributed by atoms with Crippen LogP contribution in [0.25, 0.3) is 0 Å². The van der Waals surface area contributed by atoms with E-state index in [1.54, 1.807) is 0 Å². The van der Waals surface area contributed by atoms with Gasteiger partial charge in [-0.15, -0.1) is 0 Å². The van der Waals surface area contributed by atoms with Crippen LogP contribution >= 0.6 is 0 Å². The number of allylic oxidation sites excluding steroid dienone is 1. The first-order chi connectivity index (χ1) is 8.83. The molecule has 0 aromatic carbocycles. The van der Waals surface area contributed by atoms with Gasteiger partial charge in [0.05, 0.1) is 5.41 Å². The zero-order chi connectivity index (χ0) is 13.9. The van der Waals surface area contributed by atoms with Crippen LogP contribution in [0.5, 0.6) is 0 Å². The van der Waals surface area contributed by atoms with E-state index in [1.807, 2.05) is 32.9 Å². The second kappa shape index (κ2) is 3.62. The molecule has 2 bridgehead atoms. The Labute approximate surface area is 113 Å². The molecule has 0 amide bonds. The molecule has 0 aromatic rings. The second-order valence-corrected chi connectivity index (χ2v) is 6.62. The van der Waals surface area contributed by atoms with Gasteiger partial charge in [0, 0.05) is 5.41 Å². The van der Waals surface area contributed by atoms with Gasteiger partial charge in [0.15, 0.2) is 0 Å². The van der Waals surface area contributed by atoms with Crippen LogP contribution in [0.15, 0.2) is 12.2 Å². The molecule has 1 saturated carbocycles. The van der Waals surface area contributed by atoms with Crippen molar-refractivity contribution in [3.05, 3.63) is 12.2 Å². The molecule has 1 heterocycles. The molecular weight excluding hydrogens is 244 g/mol. The van der Waals surface area contributed by atoms with Crippen molar-refractivity contribution in [3.63, 3.8) is 0 Å². The van der Waals surface area contributed by atoms with Crippen LogP contribution < -0.4 is 0 Å². The van der Waals surface area contributed by atoms with E-state index in [0.29, 0.717) is 12.8 Å². The lowest BCUT2D eigenvalue weighted by Crippen LogP contribution is -2.49. The first-order valence-corrected chi connectivity index (χ1v) is 6.95. The molecule has 0 aromatic heterocycles. The van der Waals surface area contributed by atoms with Crippen molar-refractivity contribution in [2.45, 2.75) is 58.2 Å². The summed E-state index contributed by atoms with van der Waals surface area (Å²) in [6, 6.07) is 0. The molecule has 1 saturated heterocycles. The van der Waals surface area contributed by atoms with Gasteiger partial charge in [-0.3, -0.25) is 4.79 Å². The number of fused-ring (bicyclic) bond motifs is 2. The van der Waals surface area contributed by atoms with Crippen molar-refractivity contribution in [2.75, 3.05) is 0 Å². The molecule has 3 rings (SSSR count). The molecule has 2 fully saturated rings. The molecule has 2 unspecified atom stereocenters. The zero-order valence-corrected chi connectivity index (χ0v) is 11.7. The maximum Gasteiger partial charge on any atom is 0.351 e. The highest BCUT2D eigenvalue weighted by Crippen LogP contribution is 2.65. The Morgan fingerprint density at radius 3 is 2.58 bits per heavy atom. The van der Waals surface area contributed by atoms with Crippen molar-refractivity contribution in [1.82, 2.24) is 0 Å². The van der Waals surface area contributed by atoms with Gasteiger partial charge in [-0.2, -0.15) is 0 Å². The summed E-state index contributed by atoms with van der Waals surface area (Å²) in [4.78, 5) is 24.6. The highest BCUT2D eigenvalue weighted by molar-refractivity contribution is 5.93. The molecule has 4 heteroatoms. The average molecular weight is 264 g/mol. The van der Waals surface area contributed by atoms with Gasteiger partial charge < -0.3 is 9.47 Å². The molecule has 0 radical (unpaired) electrons. The van der Waals surface area contributed by atoms with E-state index < -0.39 is 16.4 Å². The van der Waals surface area contributed by atoms with Gasteiger partial charge >= 0.3 is 11.9 Å². The minimum Gasteiger partial charge on any atom is -0.455 e. The normalized spacial score (nSPS) is 42.5. The average Bonchev–Trinajstić information content (AvgIpc) is 2.94. The molecule has 2 aliphatic carbocycles. The SMILES string of the molecule is CC12CC[C@](C(=O)OC3C=CCC3)(OC1=O)C2(C)C. The van der Waals surface area contributed by atoms with E-state index in [1.165, 1.54) is 0 Å². The Kier molecular flexibility index (Phi) is 2.42. The fourth-order valence-corrected chi connectivity index (χ4v) is 3.64. The molecule has 104 valence electrons. The largest absolute Gasteiger partial charge is 0.455 e. The summed E-state index contributed by atoms with van der Waals surface area (Å²) in [5, 5.41) is 0. The van der Waals surface area contributed by atoms with E-state index in [0.717, 1.165) is 12.8 Å². The van der Waals surface area contributed by atoms with E-state index >= 15 is 0 Å². The predicted molar refractivity (Wildman–Crippen MR) is 68.2 cm³/mol. The maximum atomic E-state index is 12.6. The zero-order valence-electron chi connectivity index (χ0n) is 11.7. The first-order valence-electron chi connectivity index (χ1n) is 6.95. The summed E-state index contributed by atoms with van der Waals surface area (Å²) in [5.41, 5.74) is -2.18. The fraction of sp³-hybridized carbons (Fsp3) is 0.733. The summed E-state index contributed by atoms with van der Waals surface area (Å²) in [5.74, 6) is -0.633. The van der Waals surface area contributed by atoms with Gasteiger partial charge in [0.1, 0.15) is 6.10 Å². The third kappa shape index (κ3) is 1.35. The van der Waals surface area contributed by atoms with Crippen LogP contribution in [0.2, 0.25) is 0 Å². The highest BCUT2D eigenvalue weighted by atomic mass is 16.6. The van der Waals surface area contributed by atoms with Crippen molar-refractivity contribution >= 4 is 11.9 Å². The Morgan fingerprint density at radius 2 is 2.11 bits per heavy atom. The van der Waals surface area contributed by atoms with Gasteiger partial charge in [0.2, 0.25) is 5.60 Å². The Morgan fingerprint density at radius 1 is 1.37 bits per heavy atom. The molecule has 0 spiro atoms. The standard InChI is InChI=1S/C15H20O4/c1-13(2)14(3)8-9-15(13,19-11(14)16)12(17)18-10-6-4-5-7-10/h4,6,10H,5,7-9H2,1-3H3/t10?,14?,15-/m1/s1. The van der Waals surface area contributed by atoms with Crippen LogP contribution in [0.1, 0.15) is 46.5 Å². The summed E-state index contributed by atoms with van der Waals surface area (Å²) < 4.78 is 11.0. The van der Waals surface area contributed by atoms with Gasteiger partial charge in [-0.25, -0.2) is 4.79 Å². The topological polar surface area (TPSA) is 52.6 Å². The fourth-order valence-electron chi connectivity index (χ4n) is 3.64. The van der Waals surface area contributed by atoms with Gasteiger partial charge in [-0.05, 0) is 38.7 Å². The minimum atomic E-state index is -1.09. The molecular formula is C15H20O4. The van der Waals surface area contributed by atoms with Crippen LogP contribution in [-0.2, 0) is 19.1 Å². The summed E-state index contributed by atoms with van der Waals surface area (Å²) in [6.45, 7) is 5.78. The van der Waals surface area contributed by atoms with E-state index in [-0.39, 0.29) is 18.0 Å². The number of ether oxygens (including phenoxy) is 2. The minimum absolute atomic E-state index is 0.163. The summed E-state index contributed by atoms with van der Waals surface area (Å²) in [6.07, 6.45) is 6.78. The molecule has 1 aliphatic heterocycles. The van der Waals surface area contributed by atoms with Crippen molar-refractivity contribution in [1.29, 1.82) is 0 Å². The third-order valence-corrected chi connectivity index (χ3v) is 5.64. The predicted octanol–water partition coefficient (Wildman–Crippen LogP) is 2.37. The third-order valence-electron chi connectivity index (χ3n) is 5.64. The van der Waals surface area contributed by atoms with E-state index in [9.17, 15) is 9.59 Å². The lowest BCUT2D eigenvalue weighted by molar-refractivity contribution is -0.185. The number of carbonyl (C=O) groups excluding carboxylic acids is 2. The van der Waals surface area contributed by atoms with Crippen molar-refractivity contribution in [2.24, 2.45) is 10.8 Å². The summed E-state index contributed by atoms with van der Waals surface area (Å²) >= 11 is 0. The lowest BCUT2D eigenvalue weighted by atomic mass is 9.66. The molecule has 3 atom stereocenters. The van der Waals surface area contributed by atoms with Crippen molar-refractivity contribution < 1.29 is 19.1 Å². The van der Waals surface area contributed by atoms with Crippen LogP contribution in [0.3, 0.4) is 0 Å². The molecule has 19 heavy (non-hydrogen) atoms. The van der Waals surface area contributed by atoms with E-state index in [2.05, 4.69) is 0 Å². The summed E-state index contributed by atoms with van der Waals surface area (Å²) in [7, 11) is 0. The molecule has 3 aliphatic rings. The maximum absolute atomic E-state index is 12.6. The van der Waals surface area contributed by atoms with Gasteiger partial charge in [-0.1, -0.05) is 19.9 Å². The second-order valence-electron chi connectivity index (χ2n) is 6.62. The monoisotopic (exact) mass is 264 g/mol. The smallest absolute Gasteiger partial charge is 0.351 e. The number of esters is 2. The Bertz CT molecular complexity index is 479. The van der Waals surface area contributed by atoms with Gasteiger partial charge in [0.25, 0.3) is 0 Å². The number of rotatable bonds is 2. The quantitative estimate of drug-likeness (QED) is 0.567. The number of carbonyl (C=O) groups is 2. The Balaban J connectivity index is 1.89. The van der Waals surface area contributed by atoms with Crippen LogP contribution in [0.4, 0.5) is 0 Å². The lowest BCUT2D eigenvalue weighted by Gasteiger charge is -2.35. The van der Waals surface area contributed by atoms with Crippen LogP contribution in [-0.4, -0.2) is 23.6 Å². The van der Waals surface area contributed by atoms with E-state index in [4.69, 9.17) is 9.47 Å². The van der Waals surface area contributed by atoms with Crippen molar-refractivity contribution in [3.8, 4) is 0 Å². The number of hydrogen-bond donors (Lipinski definition) is 0. The first kappa shape index (κ1) is 12.7. The highest BCUT2D eigenvalue weighted by Gasteiger charge is 2.76. The van der Waals surface area contributed by atoms with Crippen LogP contribution in [0, 0.1) is 10.8 Å². The Hall–Kier alpha value is -1.32. The number of hydrogen-bond acceptors (Lipinski definition) is 4. The molecule has 4 nitrogen and oxygen atoms in total. The molecule has 0 N–H and O–H groups in total.